The Morgan fingerprint density at radius 3 is 2.65 bits per heavy atom. The fourth-order valence-electron chi connectivity index (χ4n) is 1.88. The van der Waals surface area contributed by atoms with Crippen LogP contribution in [0, 0.1) is 0 Å². The van der Waals surface area contributed by atoms with Crippen LogP contribution in [0.2, 0.25) is 0 Å². The summed E-state index contributed by atoms with van der Waals surface area (Å²) in [7, 11) is 1.69. The van der Waals surface area contributed by atoms with Gasteiger partial charge in [-0.15, -0.1) is 11.3 Å². The largest absolute Gasteiger partial charge is 0.371 e. The summed E-state index contributed by atoms with van der Waals surface area (Å²) < 4.78 is 5.52. The summed E-state index contributed by atoms with van der Waals surface area (Å²) in [6.07, 6.45) is 2.09. The van der Waals surface area contributed by atoms with Crippen LogP contribution in [0.15, 0.2) is 6.07 Å². The number of anilines is 1. The fourth-order valence-corrected chi connectivity index (χ4v) is 2.85. The van der Waals surface area contributed by atoms with Crippen molar-refractivity contribution in [2.45, 2.75) is 46.1 Å². The van der Waals surface area contributed by atoms with Crippen molar-refractivity contribution < 1.29 is 4.74 Å². The fraction of sp³-hybridized carbons (Fsp3) is 0.600. The van der Waals surface area contributed by atoms with Gasteiger partial charge in [0.25, 0.3) is 0 Å². The van der Waals surface area contributed by atoms with Crippen LogP contribution in [-0.2, 0) is 16.8 Å². The number of thiophene rings is 1. The van der Waals surface area contributed by atoms with Crippen molar-refractivity contribution in [2.75, 3.05) is 19.0 Å². The van der Waals surface area contributed by atoms with E-state index in [-0.39, 0.29) is 0 Å². The summed E-state index contributed by atoms with van der Waals surface area (Å²) in [6.45, 7) is 9.21. The molecule has 0 saturated heterocycles. The molecule has 0 spiro atoms. The Balaban J connectivity index is 2.56. The normalized spacial score (nSPS) is 12.1. The molecular formula is C15H23N3OS. The number of ether oxygens (including phenoxy) is 1. The SMILES string of the molecule is CCCNc1nc(C(C)(C)OC)nc2sc(CC)cc12. The molecule has 0 bridgehead atoms. The molecule has 0 amide bonds. The van der Waals surface area contributed by atoms with Crippen LogP contribution in [-0.4, -0.2) is 23.6 Å². The molecule has 0 aliphatic heterocycles. The lowest BCUT2D eigenvalue weighted by Crippen LogP contribution is -2.23. The predicted octanol–water partition coefficient (Wildman–Crippen LogP) is 3.96. The van der Waals surface area contributed by atoms with E-state index in [1.807, 2.05) is 13.8 Å². The third-order valence-corrected chi connectivity index (χ3v) is 4.56. The van der Waals surface area contributed by atoms with Crippen molar-refractivity contribution in [2.24, 2.45) is 0 Å². The third kappa shape index (κ3) is 2.94. The highest BCUT2D eigenvalue weighted by Gasteiger charge is 2.25. The van der Waals surface area contributed by atoms with Gasteiger partial charge in [0.2, 0.25) is 0 Å². The Hall–Kier alpha value is -1.20. The highest BCUT2D eigenvalue weighted by atomic mass is 32.1. The molecule has 0 unspecified atom stereocenters. The number of aryl methyl sites for hydroxylation is 1. The lowest BCUT2D eigenvalue weighted by atomic mass is 10.1. The molecule has 110 valence electrons. The molecule has 0 aliphatic rings. The second-order valence-corrected chi connectivity index (χ2v) is 6.44. The van der Waals surface area contributed by atoms with Crippen molar-refractivity contribution in [1.82, 2.24) is 9.97 Å². The van der Waals surface area contributed by atoms with Gasteiger partial charge in [0, 0.05) is 18.5 Å². The van der Waals surface area contributed by atoms with Crippen LogP contribution in [0.3, 0.4) is 0 Å². The Bertz CT molecular complexity index is 592. The Morgan fingerprint density at radius 2 is 2.05 bits per heavy atom. The first-order valence-corrected chi connectivity index (χ1v) is 7.93. The zero-order valence-electron chi connectivity index (χ0n) is 12.9. The number of hydrogen-bond donors (Lipinski definition) is 1. The highest BCUT2D eigenvalue weighted by molar-refractivity contribution is 7.18. The second kappa shape index (κ2) is 6.06. The van der Waals surface area contributed by atoms with Gasteiger partial charge in [-0.25, -0.2) is 9.97 Å². The highest BCUT2D eigenvalue weighted by Crippen LogP contribution is 2.32. The molecular weight excluding hydrogens is 270 g/mol. The molecule has 2 aromatic heterocycles. The molecule has 0 fully saturated rings. The van der Waals surface area contributed by atoms with E-state index in [1.165, 1.54) is 4.88 Å². The quantitative estimate of drug-likeness (QED) is 0.876. The first-order chi connectivity index (χ1) is 9.51. The lowest BCUT2D eigenvalue weighted by molar-refractivity contribution is 0.0119. The number of hydrogen-bond acceptors (Lipinski definition) is 5. The van der Waals surface area contributed by atoms with E-state index in [0.29, 0.717) is 0 Å². The van der Waals surface area contributed by atoms with Crippen LogP contribution in [0.5, 0.6) is 0 Å². The maximum Gasteiger partial charge on any atom is 0.163 e. The van der Waals surface area contributed by atoms with Crippen LogP contribution in [0.1, 0.15) is 44.8 Å². The minimum absolute atomic E-state index is 0.479. The first kappa shape index (κ1) is 15.2. The van der Waals surface area contributed by atoms with Crippen LogP contribution < -0.4 is 5.32 Å². The average Bonchev–Trinajstić information content (AvgIpc) is 2.87. The number of methoxy groups -OCH3 is 1. The molecule has 4 nitrogen and oxygen atoms in total. The van der Waals surface area contributed by atoms with Crippen LogP contribution in [0.4, 0.5) is 5.82 Å². The Morgan fingerprint density at radius 1 is 1.30 bits per heavy atom. The van der Waals surface area contributed by atoms with E-state index in [0.717, 1.165) is 41.2 Å². The van der Waals surface area contributed by atoms with Crippen molar-refractivity contribution in [1.29, 1.82) is 0 Å². The maximum atomic E-state index is 5.52. The predicted molar refractivity (Wildman–Crippen MR) is 85.6 cm³/mol. The van der Waals surface area contributed by atoms with E-state index in [4.69, 9.17) is 9.72 Å². The zero-order chi connectivity index (χ0) is 14.8. The number of nitrogens with one attached hydrogen (secondary N) is 1. The standard InChI is InChI=1S/C15H23N3OS/c1-6-8-16-12-11-9-10(7-2)20-13(11)18-14(17-12)15(3,4)19-5/h9H,6-8H2,1-5H3,(H,16,17,18). The minimum Gasteiger partial charge on any atom is -0.371 e. The molecule has 0 aliphatic carbocycles. The minimum atomic E-state index is -0.479. The number of rotatable bonds is 6. The Labute approximate surface area is 124 Å². The second-order valence-electron chi connectivity index (χ2n) is 5.32. The molecule has 2 rings (SSSR count). The van der Waals surface area contributed by atoms with Gasteiger partial charge in [0.1, 0.15) is 16.2 Å². The van der Waals surface area contributed by atoms with Gasteiger partial charge < -0.3 is 10.1 Å². The van der Waals surface area contributed by atoms with Gasteiger partial charge in [-0.05, 0) is 32.8 Å². The van der Waals surface area contributed by atoms with Crippen LogP contribution in [0.25, 0.3) is 10.2 Å². The third-order valence-electron chi connectivity index (χ3n) is 3.38. The number of nitrogens with zero attached hydrogens (tertiary/aromatic N) is 2. The van der Waals surface area contributed by atoms with Crippen LogP contribution >= 0.6 is 11.3 Å². The van der Waals surface area contributed by atoms with Crippen molar-refractivity contribution in [3.05, 3.63) is 16.8 Å². The molecule has 0 aromatic carbocycles. The topological polar surface area (TPSA) is 47.0 Å². The van der Waals surface area contributed by atoms with Gasteiger partial charge >= 0.3 is 0 Å². The van der Waals surface area contributed by atoms with Gasteiger partial charge in [-0.3, -0.25) is 0 Å². The molecule has 2 heterocycles. The van der Waals surface area contributed by atoms with Crippen molar-refractivity contribution in [3.8, 4) is 0 Å². The molecule has 5 heteroatoms. The van der Waals surface area contributed by atoms with E-state index < -0.39 is 5.60 Å². The van der Waals surface area contributed by atoms with Gasteiger partial charge in [-0.1, -0.05) is 13.8 Å². The first-order valence-electron chi connectivity index (χ1n) is 7.11. The molecule has 2 aromatic rings. The van der Waals surface area contributed by atoms with E-state index >= 15 is 0 Å². The van der Waals surface area contributed by atoms with Gasteiger partial charge in [0.15, 0.2) is 5.82 Å². The summed E-state index contributed by atoms with van der Waals surface area (Å²) in [6, 6.07) is 2.20. The maximum absolute atomic E-state index is 5.52. The molecule has 0 saturated carbocycles. The average molecular weight is 293 g/mol. The zero-order valence-corrected chi connectivity index (χ0v) is 13.7. The summed E-state index contributed by atoms with van der Waals surface area (Å²) in [5, 5.41) is 4.53. The van der Waals surface area contributed by atoms with E-state index in [2.05, 4.69) is 30.2 Å². The summed E-state index contributed by atoms with van der Waals surface area (Å²) in [5.41, 5.74) is -0.479. The molecule has 1 N–H and O–H groups in total. The monoisotopic (exact) mass is 293 g/mol. The lowest BCUT2D eigenvalue weighted by Gasteiger charge is -2.21. The number of aromatic nitrogens is 2. The number of fused-ring (bicyclic) bond motifs is 1. The summed E-state index contributed by atoms with van der Waals surface area (Å²) in [4.78, 5) is 11.8. The summed E-state index contributed by atoms with van der Waals surface area (Å²) in [5.74, 6) is 1.66. The summed E-state index contributed by atoms with van der Waals surface area (Å²) >= 11 is 1.74. The van der Waals surface area contributed by atoms with Gasteiger partial charge in [0.05, 0.1) is 5.39 Å². The molecule has 20 heavy (non-hydrogen) atoms. The smallest absolute Gasteiger partial charge is 0.163 e. The Kier molecular flexibility index (Phi) is 4.60. The molecule has 0 radical (unpaired) electrons. The van der Waals surface area contributed by atoms with Crippen molar-refractivity contribution in [3.63, 3.8) is 0 Å². The van der Waals surface area contributed by atoms with E-state index in [1.54, 1.807) is 18.4 Å². The van der Waals surface area contributed by atoms with Crippen molar-refractivity contribution >= 4 is 27.4 Å². The van der Waals surface area contributed by atoms with E-state index in [9.17, 15) is 0 Å². The molecule has 0 atom stereocenters. The van der Waals surface area contributed by atoms with Gasteiger partial charge in [-0.2, -0.15) is 0 Å².